The molecule has 2 aromatic heterocycles. The van der Waals surface area contributed by atoms with E-state index < -0.39 is 5.97 Å². The minimum atomic E-state index is -0.946. The molecular formula is C32H30ClFN4O4U. The molecule has 8 nitrogen and oxygen atoms in total. The summed E-state index contributed by atoms with van der Waals surface area (Å²) in [6, 6.07) is 17.4. The topological polar surface area (TPSA) is 89.7 Å². The first-order valence-electron chi connectivity index (χ1n) is 14.0. The average molecular weight is 827 g/mol. The van der Waals surface area contributed by atoms with Crippen LogP contribution in [0.15, 0.2) is 48.5 Å². The summed E-state index contributed by atoms with van der Waals surface area (Å²) in [6.45, 7) is 4.13. The molecule has 0 amide bonds. The number of fused-ring (bicyclic) bond motifs is 1. The van der Waals surface area contributed by atoms with Crippen molar-refractivity contribution in [3.8, 4) is 5.88 Å². The zero-order chi connectivity index (χ0) is 29.1. The summed E-state index contributed by atoms with van der Waals surface area (Å²) >= 11 is 6.07. The number of halogens is 2. The molecule has 2 aliphatic rings. The van der Waals surface area contributed by atoms with Crippen LogP contribution in [0.1, 0.15) is 58.2 Å². The first-order chi connectivity index (χ1) is 20.5. The third-order valence-electron chi connectivity index (χ3n) is 7.93. The van der Waals surface area contributed by atoms with Crippen molar-refractivity contribution in [2.24, 2.45) is 0 Å². The number of rotatable bonds is 10. The number of carbonyl (C=O) groups is 1. The summed E-state index contributed by atoms with van der Waals surface area (Å²) < 4.78 is 26.2. The zero-order valence-corrected chi connectivity index (χ0v) is 28.4. The van der Waals surface area contributed by atoms with Gasteiger partial charge in [0.25, 0.3) is 0 Å². The molecule has 11 heteroatoms. The first-order valence-corrected chi connectivity index (χ1v) is 14.4. The van der Waals surface area contributed by atoms with Crippen molar-refractivity contribution in [1.82, 2.24) is 19.4 Å². The number of aromatic carboxylic acids is 1. The largest absolute Gasteiger partial charge is 2.00 e. The van der Waals surface area contributed by atoms with Gasteiger partial charge in [0.15, 0.2) is 0 Å². The summed E-state index contributed by atoms with van der Waals surface area (Å²) in [7, 11) is 0. The third-order valence-corrected chi connectivity index (χ3v) is 8.26. The molecule has 0 saturated carbocycles. The van der Waals surface area contributed by atoms with E-state index in [4.69, 9.17) is 31.0 Å². The van der Waals surface area contributed by atoms with Crippen LogP contribution in [0.4, 0.5) is 4.39 Å². The molecule has 4 heterocycles. The number of carboxylic acids is 1. The van der Waals surface area contributed by atoms with Gasteiger partial charge in [-0.15, -0.1) is 29.0 Å². The number of imidazole rings is 1. The van der Waals surface area contributed by atoms with Crippen LogP contribution >= 0.6 is 11.6 Å². The molecule has 4 aromatic rings. The van der Waals surface area contributed by atoms with E-state index in [-0.39, 0.29) is 49.4 Å². The van der Waals surface area contributed by atoms with Gasteiger partial charge in [-0.05, 0) is 56.6 Å². The quantitative estimate of drug-likeness (QED) is 0.194. The Bertz CT molecular complexity index is 1620. The monoisotopic (exact) mass is 826 g/mol. The van der Waals surface area contributed by atoms with Crippen molar-refractivity contribution in [3.05, 3.63) is 94.2 Å². The second kappa shape index (κ2) is 14.4. The Morgan fingerprint density at radius 2 is 2.00 bits per heavy atom. The fourth-order valence-corrected chi connectivity index (χ4v) is 5.69. The number of pyridine rings is 1. The van der Waals surface area contributed by atoms with Crippen LogP contribution in [0.25, 0.3) is 17.1 Å². The molecular weight excluding hydrogens is 797 g/mol. The Labute approximate surface area is 278 Å². The summed E-state index contributed by atoms with van der Waals surface area (Å²) in [4.78, 5) is 23.6. The minimum absolute atomic E-state index is 0. The van der Waals surface area contributed by atoms with Crippen LogP contribution < -0.4 is 4.74 Å². The molecule has 220 valence electrons. The van der Waals surface area contributed by atoms with Gasteiger partial charge in [-0.3, -0.25) is 16.5 Å². The van der Waals surface area contributed by atoms with Crippen LogP contribution in [0.2, 0.25) is 5.02 Å². The Hall–Kier alpha value is -2.74. The number of ether oxygens (including phenoxy) is 2. The maximum absolute atomic E-state index is 12.5. The van der Waals surface area contributed by atoms with Crippen molar-refractivity contribution in [3.63, 3.8) is 0 Å². The smallest absolute Gasteiger partial charge is 0.478 e. The summed E-state index contributed by atoms with van der Waals surface area (Å²) in [6.07, 6.45) is 5.65. The predicted octanol–water partition coefficient (Wildman–Crippen LogP) is 6.07. The van der Waals surface area contributed by atoms with Gasteiger partial charge in [-0.2, -0.15) is 11.6 Å². The second-order valence-corrected chi connectivity index (χ2v) is 11.1. The van der Waals surface area contributed by atoms with Crippen molar-refractivity contribution in [1.29, 1.82) is 0 Å². The van der Waals surface area contributed by atoms with Gasteiger partial charge < -0.3 is 23.5 Å². The van der Waals surface area contributed by atoms with Gasteiger partial charge in [0.1, 0.15) is 5.82 Å². The van der Waals surface area contributed by atoms with Crippen molar-refractivity contribution >= 4 is 34.7 Å². The van der Waals surface area contributed by atoms with Gasteiger partial charge >= 0.3 is 37.1 Å². The maximum atomic E-state index is 12.5. The number of likely N-dealkylation sites (tertiary alicyclic amines) is 1. The van der Waals surface area contributed by atoms with Crippen LogP contribution in [-0.4, -0.2) is 56.3 Å². The van der Waals surface area contributed by atoms with Crippen molar-refractivity contribution < 1.29 is 54.9 Å². The molecule has 6 rings (SSSR count). The number of aromatic nitrogens is 3. The summed E-state index contributed by atoms with van der Waals surface area (Å²) in [5, 5.41) is 9.90. The molecule has 2 fully saturated rings. The van der Waals surface area contributed by atoms with Gasteiger partial charge in [-0.25, -0.2) is 20.8 Å². The van der Waals surface area contributed by atoms with Crippen molar-refractivity contribution in [2.45, 2.75) is 51.0 Å². The van der Waals surface area contributed by atoms with Gasteiger partial charge in [0.05, 0.1) is 42.4 Å². The zero-order valence-electron chi connectivity index (χ0n) is 23.4. The van der Waals surface area contributed by atoms with E-state index in [2.05, 4.69) is 15.5 Å². The molecule has 43 heavy (non-hydrogen) atoms. The van der Waals surface area contributed by atoms with Crippen LogP contribution in [-0.2, 0) is 24.4 Å². The Balaban J connectivity index is 0.00000368. The summed E-state index contributed by atoms with van der Waals surface area (Å²) in [5.74, 6) is 0.819. The summed E-state index contributed by atoms with van der Waals surface area (Å²) in [5.41, 5.74) is 4.04. The second-order valence-electron chi connectivity index (χ2n) is 10.7. The number of benzene rings is 2. The molecule has 0 radical (unpaired) electrons. The molecule has 2 aromatic carbocycles. The SMILES string of the molecule is O=C(O)c1ccc2nc(CN3CCC(c4cccc(OCc5[c-]c(C=[C-]F)c(Cl)cc5)n4)CC3)n(CC3CCO3)c2c1.[U+2]. The number of nitrogens with zero attached hydrogens (tertiary/aromatic N) is 4. The Morgan fingerprint density at radius 1 is 1.19 bits per heavy atom. The number of hydrogen-bond donors (Lipinski definition) is 1. The molecule has 2 aliphatic heterocycles. The van der Waals surface area contributed by atoms with Gasteiger partial charge in [0, 0.05) is 24.3 Å². The molecule has 1 atom stereocenters. The Kier molecular flexibility index (Phi) is 10.6. The van der Waals surface area contributed by atoms with Crippen molar-refractivity contribution in [2.75, 3.05) is 19.7 Å². The average Bonchev–Trinajstić information content (AvgIpc) is 3.31. The van der Waals surface area contributed by atoms with Crippen LogP contribution in [0, 0.1) is 43.5 Å². The number of carboxylic acid groups (broad SMARTS) is 1. The van der Waals surface area contributed by atoms with Crippen LogP contribution in [0.5, 0.6) is 5.88 Å². The normalized spacial score (nSPS) is 17.6. The first kappa shape index (κ1) is 31.7. The van der Waals surface area contributed by atoms with E-state index in [1.54, 1.807) is 30.3 Å². The fourth-order valence-electron chi connectivity index (χ4n) is 5.52. The van der Waals surface area contributed by atoms with Gasteiger partial charge in [-0.1, -0.05) is 6.07 Å². The van der Waals surface area contributed by atoms with E-state index in [1.165, 1.54) is 6.33 Å². The maximum Gasteiger partial charge on any atom is 2.00 e. The molecule has 1 unspecified atom stereocenters. The standard InChI is InChI=1S/C32H30ClFN4O4.U/c33-26-6-4-21(16-23(26)8-12-34)20-42-31-3-1-2-27(36-31)22-9-13-37(14-10-22)19-30-35-28-7-5-24(32(39)40)17-29(28)38(30)18-25-11-15-41-25;/h1-8,17,22,25H,9-11,13-15,18-20H2,(H,39,40);/q-2;+2. The van der Waals surface area contributed by atoms with Crippen LogP contribution in [0.3, 0.4) is 0 Å². The molecule has 0 bridgehead atoms. The van der Waals surface area contributed by atoms with E-state index in [1.807, 2.05) is 18.2 Å². The van der Waals surface area contributed by atoms with E-state index in [9.17, 15) is 14.3 Å². The Morgan fingerprint density at radius 3 is 2.72 bits per heavy atom. The third kappa shape index (κ3) is 7.50. The molecule has 0 aliphatic carbocycles. The minimum Gasteiger partial charge on any atom is -0.478 e. The predicted molar refractivity (Wildman–Crippen MR) is 156 cm³/mol. The number of piperidine rings is 1. The molecule has 2 saturated heterocycles. The van der Waals surface area contributed by atoms with E-state index in [0.717, 1.165) is 73.2 Å². The number of hydrogen-bond acceptors (Lipinski definition) is 6. The van der Waals surface area contributed by atoms with E-state index in [0.29, 0.717) is 35.5 Å². The van der Waals surface area contributed by atoms with Gasteiger partial charge in [0.2, 0.25) is 5.88 Å². The fraction of sp³-hybridized carbons (Fsp3) is 0.344. The van der Waals surface area contributed by atoms with E-state index >= 15 is 0 Å². The molecule has 1 N–H and O–H groups in total. The molecule has 0 spiro atoms.